The molecular weight excluding hydrogens is 1020 g/mol. The molecule has 4 aromatic carbocycles. The molecule has 5 amide bonds. The summed E-state index contributed by atoms with van der Waals surface area (Å²) in [6, 6.07) is 25.4. The summed E-state index contributed by atoms with van der Waals surface area (Å²) >= 11 is 0. The molecule has 0 spiro atoms. The molecule has 5 aromatic rings. The number of likely N-dealkylation sites (tertiary alicyclic amines) is 2. The molecule has 77 heavy (non-hydrogen) atoms. The molecule has 2 fully saturated rings. The second kappa shape index (κ2) is 25.8. The van der Waals surface area contributed by atoms with Crippen LogP contribution < -0.4 is 15.1 Å². The largest absolute Gasteiger partial charge is 0.444 e. The summed E-state index contributed by atoms with van der Waals surface area (Å²) in [4.78, 5) is 81.4. The van der Waals surface area contributed by atoms with Crippen LogP contribution in [-0.4, -0.2) is 106 Å². The molecule has 7 rings (SSSR count). The number of rotatable bonds is 14. The van der Waals surface area contributed by atoms with Crippen LogP contribution in [0.1, 0.15) is 101 Å². The Labute approximate surface area is 441 Å². The zero-order chi connectivity index (χ0) is 56.2. The normalized spacial score (nSPS) is 14.4. The minimum atomic E-state index is -3.26. The first-order chi connectivity index (χ1) is 36.4. The van der Waals surface area contributed by atoms with Gasteiger partial charge in [-0.1, -0.05) is 54.6 Å². The molecule has 1 aromatic heterocycles. The Kier molecular flexibility index (Phi) is 19.6. The lowest BCUT2D eigenvalue weighted by molar-refractivity contribution is -0.131. The van der Waals surface area contributed by atoms with Crippen molar-refractivity contribution in [2.24, 2.45) is 11.8 Å². The molecular formula is C55H61F6N7O9. The first-order valence-corrected chi connectivity index (χ1v) is 24.8. The van der Waals surface area contributed by atoms with E-state index in [9.17, 15) is 46.3 Å². The maximum Gasteiger partial charge on any atom is 0.410 e. The molecule has 2 aliphatic rings. The Morgan fingerprint density at radius 1 is 0.636 bits per heavy atom. The van der Waals surface area contributed by atoms with Crippen molar-refractivity contribution in [3.05, 3.63) is 131 Å². The van der Waals surface area contributed by atoms with Crippen LogP contribution in [0, 0.1) is 23.5 Å². The number of ketones is 1. The van der Waals surface area contributed by atoms with Crippen LogP contribution in [0.5, 0.6) is 0 Å². The zero-order valence-electron chi connectivity index (χ0n) is 43.5. The van der Waals surface area contributed by atoms with Gasteiger partial charge < -0.3 is 38.8 Å². The fourth-order valence-electron chi connectivity index (χ4n) is 8.30. The van der Waals surface area contributed by atoms with Crippen molar-refractivity contribution < 1.29 is 69.0 Å². The predicted molar refractivity (Wildman–Crippen MR) is 271 cm³/mol. The second-order valence-corrected chi connectivity index (χ2v) is 20.3. The molecule has 2 saturated heterocycles. The quantitative estimate of drug-likeness (QED) is 0.0824. The van der Waals surface area contributed by atoms with Crippen molar-refractivity contribution in [3.63, 3.8) is 0 Å². The number of carbonyl (C=O) groups excluding carboxylic acids is 6. The van der Waals surface area contributed by atoms with E-state index in [1.807, 2.05) is 6.07 Å². The summed E-state index contributed by atoms with van der Waals surface area (Å²) in [5.74, 6) is -5.95. The number of para-hydroxylation sites is 2. The molecule has 22 heteroatoms. The minimum absolute atomic E-state index is 0.0483. The summed E-state index contributed by atoms with van der Waals surface area (Å²) in [5.41, 5.74) is 0.355. The number of halogens is 6. The number of amides is 5. The van der Waals surface area contributed by atoms with Gasteiger partial charge in [0.25, 0.3) is 11.8 Å². The van der Waals surface area contributed by atoms with E-state index in [4.69, 9.17) is 13.9 Å². The molecule has 0 bridgehead atoms. The number of hydrogen-bond donors (Lipinski definition) is 1. The van der Waals surface area contributed by atoms with Gasteiger partial charge in [0.1, 0.15) is 22.8 Å². The van der Waals surface area contributed by atoms with Crippen molar-refractivity contribution >= 4 is 47.1 Å². The van der Waals surface area contributed by atoms with Crippen LogP contribution in [0.4, 0.5) is 47.3 Å². The third-order valence-electron chi connectivity index (χ3n) is 12.2. The highest BCUT2D eigenvalue weighted by molar-refractivity contribution is 6.00. The summed E-state index contributed by atoms with van der Waals surface area (Å²) in [6.07, 6.45) is -5.29. The molecule has 3 heterocycles. The Morgan fingerprint density at radius 2 is 1.08 bits per heavy atom. The molecule has 0 saturated carbocycles. The van der Waals surface area contributed by atoms with E-state index in [0.29, 0.717) is 63.2 Å². The van der Waals surface area contributed by atoms with Crippen molar-refractivity contribution in [1.29, 1.82) is 0 Å². The third kappa shape index (κ3) is 16.6. The van der Waals surface area contributed by atoms with E-state index < -0.39 is 77.9 Å². The van der Waals surface area contributed by atoms with E-state index >= 15 is 8.78 Å². The van der Waals surface area contributed by atoms with Gasteiger partial charge in [0.2, 0.25) is 17.7 Å². The molecule has 16 nitrogen and oxygen atoms in total. The highest BCUT2D eigenvalue weighted by atomic mass is 19.3. The Bertz CT molecular complexity index is 2850. The van der Waals surface area contributed by atoms with Crippen molar-refractivity contribution in [2.45, 2.75) is 104 Å². The molecule has 2 aliphatic heterocycles. The SMILES string of the molecule is CC(C)(C)OC(=O)N1CCC(C(=O)N(Cc2ccc(-c3nnc(C(F)F)o3)cc2F)c2ccccc2)CC1.CC(C)(C)OC(=O)N1CCC(C(=O)N(Cc2ccc(C(=O)CNC(=O)C(F)F)cc2F)c2ccccc2)CC1. The van der Waals surface area contributed by atoms with Gasteiger partial charge in [-0.15, -0.1) is 10.2 Å². The number of hydrogen-bond acceptors (Lipinski definition) is 11. The van der Waals surface area contributed by atoms with E-state index in [1.54, 1.807) is 111 Å². The number of carbonyl (C=O) groups is 6. The first kappa shape index (κ1) is 58.5. The van der Waals surface area contributed by atoms with Crippen molar-refractivity contribution in [1.82, 2.24) is 25.3 Å². The maximum atomic E-state index is 15.1. The van der Waals surface area contributed by atoms with Crippen molar-refractivity contribution in [2.75, 3.05) is 42.5 Å². The van der Waals surface area contributed by atoms with Crippen LogP contribution in [-0.2, 0) is 36.9 Å². The lowest BCUT2D eigenvalue weighted by Crippen LogP contribution is -2.45. The monoisotopic (exact) mass is 1080 g/mol. The lowest BCUT2D eigenvalue weighted by Gasteiger charge is -2.35. The van der Waals surface area contributed by atoms with Crippen molar-refractivity contribution in [3.8, 4) is 11.5 Å². The lowest BCUT2D eigenvalue weighted by atomic mass is 9.94. The summed E-state index contributed by atoms with van der Waals surface area (Å²) in [6.45, 7) is 11.3. The third-order valence-corrected chi connectivity index (χ3v) is 12.2. The van der Waals surface area contributed by atoms with Crippen LogP contribution in [0.15, 0.2) is 101 Å². The Morgan fingerprint density at radius 3 is 1.47 bits per heavy atom. The standard InChI is InChI=1S/C28H32F3N3O5.C27H29F3N4O4/c1-28(2,3)39-27(38)33-13-11-18(12-14-33)26(37)34(21-7-5-4-6-8-21)17-20-10-9-19(15-22(20)29)23(35)16-32-25(36)24(30)31;1-27(2,3)38-26(36)33-13-11-17(12-14-33)25(35)34(20-7-5-4-6-8-20)16-19-10-9-18(15-21(19)28)23-31-32-24(37-23)22(29)30/h4-10,15,18,24H,11-14,16-17H2,1-3H3,(H,32,36);4-10,15,17,22H,11-14,16H2,1-3H3. The van der Waals surface area contributed by atoms with Gasteiger partial charge in [0.05, 0.1) is 19.6 Å². The van der Waals surface area contributed by atoms with Crippen LogP contribution in [0.25, 0.3) is 11.5 Å². The van der Waals surface area contributed by atoms with Crippen LogP contribution in [0.2, 0.25) is 0 Å². The second-order valence-electron chi connectivity index (χ2n) is 20.3. The van der Waals surface area contributed by atoms with Gasteiger partial charge in [-0.25, -0.2) is 18.4 Å². The average molecular weight is 1080 g/mol. The average Bonchev–Trinajstić information content (AvgIpc) is 3.90. The number of nitrogens with zero attached hydrogens (tertiary/aromatic N) is 6. The number of aromatic nitrogens is 2. The predicted octanol–water partition coefficient (Wildman–Crippen LogP) is 10.6. The maximum absolute atomic E-state index is 15.1. The summed E-state index contributed by atoms with van der Waals surface area (Å²) in [5, 5.41) is 8.61. The zero-order valence-corrected chi connectivity index (χ0v) is 43.5. The fourth-order valence-corrected chi connectivity index (χ4v) is 8.30. The number of piperidine rings is 2. The smallest absolute Gasteiger partial charge is 0.410 e. The van der Waals surface area contributed by atoms with E-state index in [0.717, 1.165) is 12.1 Å². The fraction of sp³-hybridized carbons (Fsp3) is 0.418. The number of benzene rings is 4. The van der Waals surface area contributed by atoms with Crippen LogP contribution in [0.3, 0.4) is 0 Å². The van der Waals surface area contributed by atoms with E-state index in [-0.39, 0.29) is 59.0 Å². The topological polar surface area (TPSA) is 185 Å². The number of Topliss-reactive ketones (excluding diaryl/α,β-unsaturated/α-hetero) is 1. The molecule has 0 aliphatic carbocycles. The number of anilines is 2. The van der Waals surface area contributed by atoms with Gasteiger partial charge in [0, 0.05) is 71.6 Å². The molecule has 412 valence electrons. The van der Waals surface area contributed by atoms with E-state index in [1.165, 1.54) is 34.1 Å². The minimum Gasteiger partial charge on any atom is -0.444 e. The molecule has 0 radical (unpaired) electrons. The summed E-state index contributed by atoms with van der Waals surface area (Å²) in [7, 11) is 0. The Hall–Kier alpha value is -7.78. The highest BCUT2D eigenvalue weighted by Gasteiger charge is 2.35. The Balaban J connectivity index is 0.000000250. The number of ether oxygens (including phenoxy) is 2. The van der Waals surface area contributed by atoms with Gasteiger partial charge >= 0.3 is 25.0 Å². The molecule has 1 N–H and O–H groups in total. The van der Waals surface area contributed by atoms with E-state index in [2.05, 4.69) is 10.2 Å². The van der Waals surface area contributed by atoms with Gasteiger partial charge in [0.15, 0.2) is 5.78 Å². The first-order valence-electron chi connectivity index (χ1n) is 24.8. The highest BCUT2D eigenvalue weighted by Crippen LogP contribution is 2.31. The van der Waals surface area contributed by atoms with Crippen LogP contribution >= 0.6 is 0 Å². The van der Waals surface area contributed by atoms with Gasteiger partial charge in [-0.3, -0.25) is 19.2 Å². The van der Waals surface area contributed by atoms with Gasteiger partial charge in [-0.05, 0) is 110 Å². The number of nitrogens with one attached hydrogen (secondary N) is 1. The molecule has 0 atom stereocenters. The van der Waals surface area contributed by atoms with Gasteiger partial charge in [-0.2, -0.15) is 17.6 Å². The number of alkyl halides is 4. The molecule has 0 unspecified atom stereocenters. The summed E-state index contributed by atoms with van der Waals surface area (Å²) < 4.78 is 96.1.